The van der Waals surface area contributed by atoms with Crippen LogP contribution < -0.4 is 10.6 Å². The van der Waals surface area contributed by atoms with E-state index in [-0.39, 0.29) is 30.4 Å². The van der Waals surface area contributed by atoms with Crippen LogP contribution in [0.5, 0.6) is 0 Å². The van der Waals surface area contributed by atoms with Gasteiger partial charge in [-0.2, -0.15) is 0 Å². The normalized spacial score (nSPS) is 20.0. The van der Waals surface area contributed by atoms with Gasteiger partial charge in [-0.15, -0.1) is 12.4 Å². The molecule has 1 aliphatic heterocycles. The van der Waals surface area contributed by atoms with Crippen LogP contribution in [0.1, 0.15) is 31.4 Å². The molecule has 2 N–H and O–H groups in total. The number of nitrogens with one attached hydrogen (secondary N) is 2. The Kier molecular flexibility index (Phi) is 5.93. The van der Waals surface area contributed by atoms with E-state index < -0.39 is 0 Å². The van der Waals surface area contributed by atoms with Crippen LogP contribution in [0.3, 0.4) is 0 Å². The van der Waals surface area contributed by atoms with Gasteiger partial charge in [0.15, 0.2) is 0 Å². The van der Waals surface area contributed by atoms with Crippen molar-refractivity contribution in [2.45, 2.75) is 31.8 Å². The average molecular weight is 289 g/mol. The van der Waals surface area contributed by atoms with E-state index in [0.717, 1.165) is 24.9 Å². The molecule has 0 aliphatic carbocycles. The Morgan fingerprint density at radius 2 is 2.33 bits per heavy atom. The maximum Gasteiger partial charge on any atom is 0.237 e. The summed E-state index contributed by atoms with van der Waals surface area (Å²) in [5.74, 6) is 0.0787. The van der Waals surface area contributed by atoms with Gasteiger partial charge in [-0.3, -0.25) is 4.79 Å². The molecular formula is C13H18Cl2N2O. The summed E-state index contributed by atoms with van der Waals surface area (Å²) in [7, 11) is 0. The predicted molar refractivity (Wildman–Crippen MR) is 76.3 cm³/mol. The molecule has 1 aliphatic rings. The number of halogens is 2. The van der Waals surface area contributed by atoms with Crippen molar-refractivity contribution in [2.24, 2.45) is 0 Å². The Morgan fingerprint density at radius 3 is 2.94 bits per heavy atom. The van der Waals surface area contributed by atoms with E-state index in [1.165, 1.54) is 0 Å². The number of amides is 1. The second kappa shape index (κ2) is 6.98. The lowest BCUT2D eigenvalue weighted by Gasteiger charge is -2.17. The van der Waals surface area contributed by atoms with Crippen molar-refractivity contribution < 1.29 is 4.79 Å². The van der Waals surface area contributed by atoms with Crippen LogP contribution in [0, 0.1) is 0 Å². The highest BCUT2D eigenvalue weighted by Crippen LogP contribution is 2.17. The van der Waals surface area contributed by atoms with Gasteiger partial charge in [-0.1, -0.05) is 23.7 Å². The third-order valence-electron chi connectivity index (χ3n) is 3.08. The molecule has 0 spiro atoms. The van der Waals surface area contributed by atoms with E-state index >= 15 is 0 Å². The second-order valence-electron chi connectivity index (χ2n) is 4.43. The van der Waals surface area contributed by atoms with Crippen molar-refractivity contribution >= 4 is 29.9 Å². The highest BCUT2D eigenvalue weighted by atomic mass is 35.5. The summed E-state index contributed by atoms with van der Waals surface area (Å²) in [5.41, 5.74) is 1.03. The highest BCUT2D eigenvalue weighted by Gasteiger charge is 2.23. The summed E-state index contributed by atoms with van der Waals surface area (Å²) in [6, 6.07) is 7.54. The Bertz CT molecular complexity index is 406. The first-order chi connectivity index (χ1) is 8.16. The van der Waals surface area contributed by atoms with Crippen LogP contribution in [0.2, 0.25) is 5.02 Å². The molecule has 1 fully saturated rings. The van der Waals surface area contributed by atoms with Crippen molar-refractivity contribution in [3.05, 3.63) is 34.9 Å². The minimum absolute atomic E-state index is 0. The molecular weight excluding hydrogens is 271 g/mol. The maximum atomic E-state index is 11.9. The van der Waals surface area contributed by atoms with Gasteiger partial charge in [0.05, 0.1) is 12.1 Å². The van der Waals surface area contributed by atoms with Crippen molar-refractivity contribution in [1.82, 2.24) is 10.6 Å². The van der Waals surface area contributed by atoms with Crippen LogP contribution in [0.15, 0.2) is 24.3 Å². The number of carbonyl (C=O) groups is 1. The van der Waals surface area contributed by atoms with Crippen LogP contribution >= 0.6 is 24.0 Å². The molecule has 100 valence electrons. The molecule has 18 heavy (non-hydrogen) atoms. The summed E-state index contributed by atoms with van der Waals surface area (Å²) >= 11 is 5.93. The number of hydrogen-bond acceptors (Lipinski definition) is 2. The first-order valence-electron chi connectivity index (χ1n) is 5.96. The van der Waals surface area contributed by atoms with Gasteiger partial charge in [0.25, 0.3) is 0 Å². The van der Waals surface area contributed by atoms with Gasteiger partial charge in [-0.05, 0) is 44.0 Å². The number of hydrogen-bond donors (Lipinski definition) is 2. The standard InChI is InChI=1S/C13H17ClN2O.ClH/c1-9(10-4-2-5-11(14)8-10)16-13(17)12-6-3-7-15-12;/h2,4-5,8-9,12,15H,3,6-7H2,1H3,(H,16,17);1H/t9-,12+;/m1./s1. The monoisotopic (exact) mass is 288 g/mol. The molecule has 0 saturated carbocycles. The van der Waals surface area contributed by atoms with E-state index in [9.17, 15) is 4.79 Å². The molecule has 1 aromatic carbocycles. The van der Waals surface area contributed by atoms with E-state index in [2.05, 4.69) is 10.6 Å². The quantitative estimate of drug-likeness (QED) is 0.898. The van der Waals surface area contributed by atoms with Gasteiger partial charge in [0, 0.05) is 5.02 Å². The Balaban J connectivity index is 0.00000162. The largest absolute Gasteiger partial charge is 0.348 e. The highest BCUT2D eigenvalue weighted by molar-refractivity contribution is 6.30. The topological polar surface area (TPSA) is 41.1 Å². The fourth-order valence-corrected chi connectivity index (χ4v) is 2.28. The summed E-state index contributed by atoms with van der Waals surface area (Å²) in [5, 5.41) is 6.89. The fraction of sp³-hybridized carbons (Fsp3) is 0.462. The molecule has 2 rings (SSSR count). The number of carbonyl (C=O) groups excluding carboxylic acids is 1. The zero-order chi connectivity index (χ0) is 12.3. The maximum absolute atomic E-state index is 11.9. The molecule has 2 atom stereocenters. The van der Waals surface area contributed by atoms with Crippen LogP contribution in [-0.4, -0.2) is 18.5 Å². The first kappa shape index (κ1) is 15.3. The number of rotatable bonds is 3. The molecule has 0 unspecified atom stereocenters. The van der Waals surface area contributed by atoms with Crippen molar-refractivity contribution in [1.29, 1.82) is 0 Å². The summed E-state index contributed by atoms with van der Waals surface area (Å²) in [6.45, 7) is 2.90. The first-order valence-corrected chi connectivity index (χ1v) is 6.34. The average Bonchev–Trinajstić information content (AvgIpc) is 2.82. The lowest BCUT2D eigenvalue weighted by molar-refractivity contribution is -0.123. The number of benzene rings is 1. The molecule has 0 aromatic heterocycles. The van der Waals surface area contributed by atoms with Crippen LogP contribution in [0.25, 0.3) is 0 Å². The van der Waals surface area contributed by atoms with E-state index in [1.807, 2.05) is 31.2 Å². The van der Waals surface area contributed by atoms with Gasteiger partial charge < -0.3 is 10.6 Å². The molecule has 0 bridgehead atoms. The smallest absolute Gasteiger partial charge is 0.237 e. The molecule has 1 heterocycles. The van der Waals surface area contributed by atoms with E-state index in [4.69, 9.17) is 11.6 Å². The minimum Gasteiger partial charge on any atom is -0.348 e. The predicted octanol–water partition coefficient (Wildman–Crippen LogP) is 2.69. The van der Waals surface area contributed by atoms with Gasteiger partial charge in [0.2, 0.25) is 5.91 Å². The van der Waals surface area contributed by atoms with Crippen molar-refractivity contribution in [2.75, 3.05) is 6.54 Å². The fourth-order valence-electron chi connectivity index (χ4n) is 2.08. The summed E-state index contributed by atoms with van der Waals surface area (Å²) < 4.78 is 0. The lowest BCUT2D eigenvalue weighted by atomic mass is 10.1. The third-order valence-corrected chi connectivity index (χ3v) is 3.32. The van der Waals surface area contributed by atoms with Crippen molar-refractivity contribution in [3.8, 4) is 0 Å². The van der Waals surface area contributed by atoms with E-state index in [0.29, 0.717) is 5.02 Å². The molecule has 0 radical (unpaired) electrons. The van der Waals surface area contributed by atoms with Gasteiger partial charge >= 0.3 is 0 Å². The lowest BCUT2D eigenvalue weighted by Crippen LogP contribution is -2.41. The van der Waals surface area contributed by atoms with Crippen LogP contribution in [-0.2, 0) is 4.79 Å². The Hall–Kier alpha value is -0.770. The van der Waals surface area contributed by atoms with Gasteiger partial charge in [0.1, 0.15) is 0 Å². The molecule has 3 nitrogen and oxygen atoms in total. The molecule has 5 heteroatoms. The van der Waals surface area contributed by atoms with Crippen molar-refractivity contribution in [3.63, 3.8) is 0 Å². The zero-order valence-electron chi connectivity index (χ0n) is 10.3. The SMILES string of the molecule is C[C@@H](NC(=O)[C@@H]1CCCN1)c1cccc(Cl)c1.Cl. The molecule has 1 aromatic rings. The Morgan fingerprint density at radius 1 is 1.56 bits per heavy atom. The van der Waals surface area contributed by atoms with Crippen LogP contribution in [0.4, 0.5) is 0 Å². The zero-order valence-corrected chi connectivity index (χ0v) is 11.9. The van der Waals surface area contributed by atoms with Gasteiger partial charge in [-0.25, -0.2) is 0 Å². The Labute approximate surface area is 119 Å². The second-order valence-corrected chi connectivity index (χ2v) is 4.87. The molecule has 1 saturated heterocycles. The summed E-state index contributed by atoms with van der Waals surface area (Å²) in [6.07, 6.45) is 2.00. The van der Waals surface area contributed by atoms with E-state index in [1.54, 1.807) is 0 Å². The minimum atomic E-state index is -0.0309. The third kappa shape index (κ3) is 3.87. The summed E-state index contributed by atoms with van der Waals surface area (Å²) in [4.78, 5) is 11.9. The molecule has 1 amide bonds.